The van der Waals surface area contributed by atoms with Gasteiger partial charge >= 0.3 is 0 Å². The molecule has 2 N–H and O–H groups in total. The first-order valence-corrected chi connectivity index (χ1v) is 8.17. The van der Waals surface area contributed by atoms with E-state index in [4.69, 9.17) is 10.5 Å². The second-order valence-electron chi connectivity index (χ2n) is 5.83. The maximum atomic E-state index is 13.9. The molecule has 124 valence electrons. The highest BCUT2D eigenvalue weighted by molar-refractivity contribution is 6.06. The fourth-order valence-corrected chi connectivity index (χ4v) is 3.17. The Balaban J connectivity index is 1.89. The first-order valence-electron chi connectivity index (χ1n) is 8.17. The minimum absolute atomic E-state index is 0.247. The van der Waals surface area contributed by atoms with Gasteiger partial charge in [-0.2, -0.15) is 0 Å². The second-order valence-corrected chi connectivity index (χ2v) is 5.83. The van der Waals surface area contributed by atoms with Crippen molar-refractivity contribution in [3.63, 3.8) is 0 Å². The van der Waals surface area contributed by atoms with Crippen molar-refractivity contribution in [3.8, 4) is 17.0 Å². The van der Waals surface area contributed by atoms with Crippen molar-refractivity contribution in [2.45, 2.75) is 0 Å². The third-order valence-electron chi connectivity index (χ3n) is 4.24. The summed E-state index contributed by atoms with van der Waals surface area (Å²) in [6.07, 6.45) is 3.69. The molecule has 4 rings (SSSR count). The summed E-state index contributed by atoms with van der Waals surface area (Å²) in [5, 5.41) is 0. The van der Waals surface area contributed by atoms with Gasteiger partial charge in [0.05, 0.1) is 0 Å². The fraction of sp³-hybridized carbons (Fsp3) is 0.0952. The molecular formula is C21H17FN2O. The summed E-state index contributed by atoms with van der Waals surface area (Å²) >= 11 is 0. The zero-order valence-corrected chi connectivity index (χ0v) is 13.6. The van der Waals surface area contributed by atoms with E-state index < -0.39 is 0 Å². The van der Waals surface area contributed by atoms with Crippen LogP contribution in [-0.2, 0) is 0 Å². The van der Waals surface area contributed by atoms with E-state index in [0.717, 1.165) is 33.4 Å². The van der Waals surface area contributed by atoms with Gasteiger partial charge in [0.25, 0.3) is 0 Å². The van der Waals surface area contributed by atoms with Crippen LogP contribution in [0, 0.1) is 5.82 Å². The number of nitrogens with zero attached hydrogens (tertiary/aromatic N) is 1. The molecule has 25 heavy (non-hydrogen) atoms. The van der Waals surface area contributed by atoms with Crippen molar-refractivity contribution in [1.82, 2.24) is 4.98 Å². The Kier molecular flexibility index (Phi) is 4.04. The van der Waals surface area contributed by atoms with Crippen LogP contribution in [-0.4, -0.2) is 18.1 Å². The van der Waals surface area contributed by atoms with E-state index >= 15 is 0 Å². The Hall–Kier alpha value is -2.98. The normalized spacial score (nSPS) is 13.6. The Morgan fingerprint density at radius 2 is 1.76 bits per heavy atom. The Labute approximate surface area is 145 Å². The van der Waals surface area contributed by atoms with Gasteiger partial charge in [-0.05, 0) is 58.2 Å². The lowest BCUT2D eigenvalue weighted by Crippen LogP contribution is -2.11. The predicted octanol–water partition coefficient (Wildman–Crippen LogP) is 4.13. The van der Waals surface area contributed by atoms with Crippen LogP contribution in [0.15, 0.2) is 60.8 Å². The predicted molar refractivity (Wildman–Crippen MR) is 97.6 cm³/mol. The molecule has 0 amide bonds. The average Bonchev–Trinajstić information content (AvgIpc) is 2.94. The molecule has 0 bridgehead atoms. The summed E-state index contributed by atoms with van der Waals surface area (Å²) in [5.74, 6) is 0.283. The number of hydrogen-bond donors (Lipinski definition) is 1. The molecule has 0 aliphatic heterocycles. The first kappa shape index (κ1) is 15.5. The largest absolute Gasteiger partial charge is 0.476 e. The lowest BCUT2D eigenvalue weighted by Gasteiger charge is -2.08. The summed E-state index contributed by atoms with van der Waals surface area (Å²) in [7, 11) is 0. The molecule has 0 spiro atoms. The van der Waals surface area contributed by atoms with Crippen LogP contribution in [0.2, 0.25) is 0 Å². The number of nitrogens with two attached hydrogens (primary N) is 1. The number of ether oxygens (including phenoxy) is 1. The van der Waals surface area contributed by atoms with Crippen LogP contribution in [0.5, 0.6) is 5.88 Å². The highest BCUT2D eigenvalue weighted by Gasteiger charge is 2.23. The Morgan fingerprint density at radius 3 is 2.60 bits per heavy atom. The maximum Gasteiger partial charge on any atom is 0.220 e. The van der Waals surface area contributed by atoms with Crippen molar-refractivity contribution in [2.75, 3.05) is 13.2 Å². The molecule has 0 radical (unpaired) electrons. The van der Waals surface area contributed by atoms with Gasteiger partial charge in [0, 0.05) is 18.3 Å². The molecule has 1 aliphatic rings. The quantitative estimate of drug-likeness (QED) is 0.611. The number of benzene rings is 2. The van der Waals surface area contributed by atoms with Crippen LogP contribution in [0.3, 0.4) is 0 Å². The van der Waals surface area contributed by atoms with Crippen molar-refractivity contribution >= 4 is 11.6 Å². The van der Waals surface area contributed by atoms with Gasteiger partial charge < -0.3 is 10.5 Å². The summed E-state index contributed by atoms with van der Waals surface area (Å²) < 4.78 is 19.5. The minimum atomic E-state index is -0.247. The van der Waals surface area contributed by atoms with E-state index in [0.29, 0.717) is 19.0 Å². The van der Waals surface area contributed by atoms with Gasteiger partial charge in [0.2, 0.25) is 5.88 Å². The SMILES string of the molecule is NCCOc1ncccc1C=C1c2ccccc2-c2ccc(F)cc21. The number of hydrogen-bond acceptors (Lipinski definition) is 3. The van der Waals surface area contributed by atoms with Crippen LogP contribution < -0.4 is 10.5 Å². The highest BCUT2D eigenvalue weighted by Crippen LogP contribution is 2.45. The molecule has 2 aromatic carbocycles. The summed E-state index contributed by atoms with van der Waals surface area (Å²) in [6.45, 7) is 0.818. The van der Waals surface area contributed by atoms with E-state index in [2.05, 4.69) is 17.1 Å². The van der Waals surface area contributed by atoms with Crippen molar-refractivity contribution < 1.29 is 9.13 Å². The molecular weight excluding hydrogens is 315 g/mol. The van der Waals surface area contributed by atoms with Gasteiger partial charge in [0.1, 0.15) is 12.4 Å². The third kappa shape index (κ3) is 2.81. The lowest BCUT2D eigenvalue weighted by molar-refractivity contribution is 0.315. The molecule has 1 aliphatic carbocycles. The van der Waals surface area contributed by atoms with Gasteiger partial charge in [-0.1, -0.05) is 30.3 Å². The zero-order chi connectivity index (χ0) is 17.2. The minimum Gasteiger partial charge on any atom is -0.476 e. The maximum absolute atomic E-state index is 13.9. The van der Waals surface area contributed by atoms with Gasteiger partial charge in [-0.15, -0.1) is 0 Å². The summed E-state index contributed by atoms with van der Waals surface area (Å²) in [4.78, 5) is 4.29. The molecule has 1 heterocycles. The summed E-state index contributed by atoms with van der Waals surface area (Å²) in [6, 6.07) is 16.8. The Bertz CT molecular complexity index is 966. The molecule has 3 aromatic rings. The molecule has 1 aromatic heterocycles. The molecule has 3 nitrogen and oxygen atoms in total. The van der Waals surface area contributed by atoms with E-state index in [-0.39, 0.29) is 5.82 Å². The fourth-order valence-electron chi connectivity index (χ4n) is 3.17. The number of fused-ring (bicyclic) bond motifs is 3. The molecule has 0 saturated carbocycles. The Morgan fingerprint density at radius 1 is 0.960 bits per heavy atom. The van der Waals surface area contributed by atoms with Gasteiger partial charge in [-0.25, -0.2) is 9.37 Å². The second kappa shape index (κ2) is 6.49. The number of rotatable bonds is 4. The molecule has 0 fully saturated rings. The molecule has 4 heteroatoms. The van der Waals surface area contributed by atoms with Crippen molar-refractivity contribution in [2.24, 2.45) is 5.73 Å². The van der Waals surface area contributed by atoms with E-state index in [9.17, 15) is 4.39 Å². The van der Waals surface area contributed by atoms with E-state index in [1.165, 1.54) is 6.07 Å². The monoisotopic (exact) mass is 332 g/mol. The topological polar surface area (TPSA) is 48.1 Å². The smallest absolute Gasteiger partial charge is 0.220 e. The van der Waals surface area contributed by atoms with Crippen LogP contribution in [0.4, 0.5) is 4.39 Å². The average molecular weight is 332 g/mol. The first-order chi connectivity index (χ1) is 12.3. The highest BCUT2D eigenvalue weighted by atomic mass is 19.1. The van der Waals surface area contributed by atoms with Gasteiger partial charge in [0.15, 0.2) is 0 Å². The number of aromatic nitrogens is 1. The standard InChI is InChI=1S/C21H17FN2O/c22-15-7-8-18-16-5-1-2-6-17(16)19(20(18)13-15)12-14-4-3-10-24-21(14)25-11-9-23/h1-8,10,12-13H,9,11,23H2. The lowest BCUT2D eigenvalue weighted by atomic mass is 10.0. The van der Waals surface area contributed by atoms with Crippen LogP contribution >= 0.6 is 0 Å². The molecule has 0 atom stereocenters. The van der Waals surface area contributed by atoms with Crippen LogP contribution in [0.25, 0.3) is 22.8 Å². The zero-order valence-electron chi connectivity index (χ0n) is 13.6. The van der Waals surface area contributed by atoms with Crippen LogP contribution in [0.1, 0.15) is 16.7 Å². The third-order valence-corrected chi connectivity index (χ3v) is 4.24. The van der Waals surface area contributed by atoms with Crippen molar-refractivity contribution in [3.05, 3.63) is 83.3 Å². The number of halogens is 1. The molecule has 0 saturated heterocycles. The van der Waals surface area contributed by atoms with E-state index in [1.807, 2.05) is 36.4 Å². The van der Waals surface area contributed by atoms with Gasteiger partial charge in [-0.3, -0.25) is 0 Å². The van der Waals surface area contributed by atoms with E-state index in [1.54, 1.807) is 12.3 Å². The number of pyridine rings is 1. The van der Waals surface area contributed by atoms with Crippen molar-refractivity contribution in [1.29, 1.82) is 0 Å². The summed E-state index contributed by atoms with van der Waals surface area (Å²) in [5.41, 5.74) is 11.4. The molecule has 0 unspecified atom stereocenters.